The lowest BCUT2D eigenvalue weighted by atomic mass is 10.1. The second-order valence-electron chi connectivity index (χ2n) is 4.85. The molecule has 0 aliphatic rings. The summed E-state index contributed by atoms with van der Waals surface area (Å²) in [5.41, 5.74) is 1.31. The minimum Gasteiger partial charge on any atom is -0.516 e. The summed E-state index contributed by atoms with van der Waals surface area (Å²) in [6, 6.07) is 3.13. The van der Waals surface area contributed by atoms with Crippen LogP contribution in [0.2, 0.25) is 0 Å². The molecule has 0 spiro atoms. The Labute approximate surface area is 134 Å². The number of ether oxygens (including phenoxy) is 1. The van der Waals surface area contributed by atoms with Crippen LogP contribution in [0.5, 0.6) is 11.5 Å². The van der Waals surface area contributed by atoms with Gasteiger partial charge in [-0.15, -0.1) is 0 Å². The van der Waals surface area contributed by atoms with E-state index in [1.165, 1.54) is 12.1 Å². The van der Waals surface area contributed by atoms with Gasteiger partial charge in [0.25, 0.3) is 0 Å². The zero-order chi connectivity index (χ0) is 17.2. The zero-order valence-corrected chi connectivity index (χ0v) is 12.9. The van der Waals surface area contributed by atoms with Crippen LogP contribution in [0.25, 0.3) is 0 Å². The number of allylic oxidation sites excluding steroid dienone is 2. The number of aryl methyl sites for hydroxylation is 1. The second kappa shape index (κ2) is 9.68. The van der Waals surface area contributed by atoms with Crippen molar-refractivity contribution >= 4 is 0 Å². The average molecular weight is 322 g/mol. The number of aliphatic hydroxyl groups excluding tert-OH is 4. The first kappa shape index (κ1) is 18.8. The Hall–Kier alpha value is -2.28. The molecular weight excluding hydrogens is 300 g/mol. The van der Waals surface area contributed by atoms with Gasteiger partial charge in [-0.25, -0.2) is 0 Å². The number of phenols is 1. The van der Waals surface area contributed by atoms with Crippen molar-refractivity contribution in [1.82, 2.24) is 0 Å². The third-order valence-electron chi connectivity index (χ3n) is 3.10. The molecule has 0 heterocycles. The van der Waals surface area contributed by atoms with Crippen LogP contribution in [-0.4, -0.2) is 38.7 Å². The van der Waals surface area contributed by atoms with Crippen LogP contribution in [-0.2, 0) is 6.61 Å². The molecule has 0 aliphatic carbocycles. The minimum absolute atomic E-state index is 0.0158. The normalized spacial score (nSPS) is 12.9. The molecule has 0 bridgehead atoms. The molecule has 0 aliphatic heterocycles. The van der Waals surface area contributed by atoms with Gasteiger partial charge in [-0.2, -0.15) is 0 Å². The Morgan fingerprint density at radius 2 is 1.96 bits per heavy atom. The molecule has 0 fully saturated rings. The lowest BCUT2D eigenvalue weighted by Crippen LogP contribution is -1.97. The van der Waals surface area contributed by atoms with E-state index < -0.39 is 0 Å². The van der Waals surface area contributed by atoms with Gasteiger partial charge in [-0.3, -0.25) is 0 Å². The highest BCUT2D eigenvalue weighted by Gasteiger charge is 2.08. The van der Waals surface area contributed by atoms with Crippen molar-refractivity contribution in [2.24, 2.45) is 0 Å². The highest BCUT2D eigenvalue weighted by Crippen LogP contribution is 2.29. The van der Waals surface area contributed by atoms with Gasteiger partial charge in [0.2, 0.25) is 0 Å². The van der Waals surface area contributed by atoms with E-state index in [-0.39, 0.29) is 32.0 Å². The Morgan fingerprint density at radius 3 is 2.52 bits per heavy atom. The molecule has 1 aromatic rings. The molecule has 0 saturated carbocycles. The molecule has 1 aromatic carbocycles. The molecular formula is C17H22O6. The number of hydrogen-bond acceptors (Lipinski definition) is 6. The first-order chi connectivity index (χ1) is 11.0. The fraction of sp³-hybridized carbons (Fsp3) is 0.294. The van der Waals surface area contributed by atoms with Crippen molar-refractivity contribution in [2.75, 3.05) is 13.2 Å². The zero-order valence-electron chi connectivity index (χ0n) is 12.9. The van der Waals surface area contributed by atoms with Crippen LogP contribution in [0, 0.1) is 6.92 Å². The van der Waals surface area contributed by atoms with Crippen LogP contribution in [0.4, 0.5) is 0 Å². The van der Waals surface area contributed by atoms with Crippen LogP contribution >= 0.6 is 0 Å². The van der Waals surface area contributed by atoms with Crippen molar-refractivity contribution in [3.05, 3.63) is 59.1 Å². The van der Waals surface area contributed by atoms with Crippen molar-refractivity contribution < 1.29 is 30.3 Å². The summed E-state index contributed by atoms with van der Waals surface area (Å²) in [5.74, 6) is 0.819. The summed E-state index contributed by atoms with van der Waals surface area (Å²) >= 11 is 0. The molecule has 5 N–H and O–H groups in total. The van der Waals surface area contributed by atoms with E-state index in [9.17, 15) is 10.2 Å². The fourth-order valence-electron chi connectivity index (χ4n) is 1.83. The topological polar surface area (TPSA) is 110 Å². The Morgan fingerprint density at radius 1 is 1.22 bits per heavy atom. The van der Waals surface area contributed by atoms with E-state index in [0.717, 1.165) is 6.26 Å². The summed E-state index contributed by atoms with van der Waals surface area (Å²) in [7, 11) is 0. The number of benzene rings is 1. The number of aliphatic hydroxyl groups is 4. The van der Waals surface area contributed by atoms with Crippen molar-refractivity contribution in [3.8, 4) is 11.5 Å². The van der Waals surface area contributed by atoms with E-state index in [1.807, 2.05) is 0 Å². The van der Waals surface area contributed by atoms with Gasteiger partial charge in [0, 0.05) is 5.56 Å². The van der Waals surface area contributed by atoms with Crippen LogP contribution < -0.4 is 4.74 Å². The summed E-state index contributed by atoms with van der Waals surface area (Å²) in [4.78, 5) is 0. The van der Waals surface area contributed by atoms with Crippen LogP contribution in [0.3, 0.4) is 0 Å². The van der Waals surface area contributed by atoms with Crippen molar-refractivity contribution in [1.29, 1.82) is 0 Å². The second-order valence-corrected chi connectivity index (χ2v) is 4.85. The Bertz CT molecular complexity index is 601. The Balaban J connectivity index is 3.04. The van der Waals surface area contributed by atoms with Crippen molar-refractivity contribution in [3.63, 3.8) is 0 Å². The standard InChI is InChI=1S/C17H22O6/c1-12-7-16(8-14(11-21)17(12)22)23-15(3-2-6-18)5-4-13(9-19)10-20/h2-3,5,7-9,18-22H,4,6,10-11H2,1H3/b3-2+,13-9-,15-5+. The molecule has 6 heteroatoms. The maximum atomic E-state index is 9.80. The first-order valence-electron chi connectivity index (χ1n) is 7.07. The van der Waals surface area contributed by atoms with E-state index in [1.54, 1.807) is 25.1 Å². The lowest BCUT2D eigenvalue weighted by Gasteiger charge is -2.11. The molecule has 0 unspecified atom stereocenters. The number of hydrogen-bond donors (Lipinski definition) is 5. The van der Waals surface area contributed by atoms with Gasteiger partial charge in [0.1, 0.15) is 17.3 Å². The van der Waals surface area contributed by atoms with E-state index in [4.69, 9.17) is 20.1 Å². The summed E-state index contributed by atoms with van der Waals surface area (Å²) in [6.07, 6.45) is 5.76. The van der Waals surface area contributed by atoms with Gasteiger partial charge in [0.05, 0.1) is 26.1 Å². The van der Waals surface area contributed by atoms with E-state index in [2.05, 4.69) is 0 Å². The molecule has 23 heavy (non-hydrogen) atoms. The van der Waals surface area contributed by atoms with E-state index >= 15 is 0 Å². The van der Waals surface area contributed by atoms with Gasteiger partial charge >= 0.3 is 0 Å². The molecule has 6 nitrogen and oxygen atoms in total. The third kappa shape index (κ3) is 5.78. The quantitative estimate of drug-likeness (QED) is 0.369. The highest BCUT2D eigenvalue weighted by atomic mass is 16.5. The minimum atomic E-state index is -0.322. The monoisotopic (exact) mass is 322 g/mol. The number of aromatic hydroxyl groups is 1. The molecule has 0 saturated heterocycles. The molecule has 126 valence electrons. The fourth-order valence-corrected chi connectivity index (χ4v) is 1.83. The lowest BCUT2D eigenvalue weighted by molar-refractivity contribution is 0.274. The van der Waals surface area contributed by atoms with Gasteiger partial charge in [0.15, 0.2) is 0 Å². The predicted octanol–water partition coefficient (Wildman–Crippen LogP) is 1.83. The molecule has 0 amide bonds. The molecule has 0 radical (unpaired) electrons. The van der Waals surface area contributed by atoms with Gasteiger partial charge in [-0.05, 0) is 48.8 Å². The third-order valence-corrected chi connectivity index (χ3v) is 3.10. The summed E-state index contributed by atoms with van der Waals surface area (Å²) in [5, 5.41) is 45.9. The average Bonchev–Trinajstić information content (AvgIpc) is 2.56. The first-order valence-corrected chi connectivity index (χ1v) is 7.07. The molecule has 0 atom stereocenters. The Kier molecular flexibility index (Phi) is 7.90. The maximum absolute atomic E-state index is 9.80. The largest absolute Gasteiger partial charge is 0.516 e. The SMILES string of the molecule is Cc1cc(OC(/C=C/CO)=C/C/C(=C/O)CO)cc(CO)c1O. The molecule has 1 rings (SSSR count). The smallest absolute Gasteiger partial charge is 0.128 e. The number of rotatable bonds is 8. The molecule has 0 aromatic heterocycles. The van der Waals surface area contributed by atoms with Gasteiger partial charge in [-0.1, -0.05) is 6.08 Å². The summed E-state index contributed by atoms with van der Waals surface area (Å²) < 4.78 is 5.68. The maximum Gasteiger partial charge on any atom is 0.128 e. The van der Waals surface area contributed by atoms with Crippen LogP contribution in [0.15, 0.2) is 48.0 Å². The van der Waals surface area contributed by atoms with Crippen LogP contribution in [0.1, 0.15) is 17.5 Å². The van der Waals surface area contributed by atoms with Crippen molar-refractivity contribution in [2.45, 2.75) is 20.0 Å². The van der Waals surface area contributed by atoms with E-state index in [0.29, 0.717) is 28.2 Å². The summed E-state index contributed by atoms with van der Waals surface area (Å²) in [6.45, 7) is 0.918. The predicted molar refractivity (Wildman–Crippen MR) is 86.1 cm³/mol. The van der Waals surface area contributed by atoms with Gasteiger partial charge < -0.3 is 30.3 Å². The highest BCUT2D eigenvalue weighted by molar-refractivity contribution is 5.46.